The Balaban J connectivity index is 1.42. The van der Waals surface area contributed by atoms with Gasteiger partial charge in [-0.25, -0.2) is 0 Å². The predicted octanol–water partition coefficient (Wildman–Crippen LogP) is 4.48. The van der Waals surface area contributed by atoms with Gasteiger partial charge in [-0.15, -0.1) is 0 Å². The molecule has 2 N–H and O–H groups in total. The van der Waals surface area contributed by atoms with E-state index >= 15 is 0 Å². The summed E-state index contributed by atoms with van der Waals surface area (Å²) in [7, 11) is 1.60. The van der Waals surface area contributed by atoms with Crippen LogP contribution >= 0.6 is 0 Å². The smallest absolute Gasteiger partial charge is 0.220 e. The molecule has 1 aliphatic heterocycles. The number of likely N-dealkylation sites (tertiary alicyclic amines) is 1. The minimum Gasteiger partial charge on any atom is -0.497 e. The number of carbonyl (C=O) groups excluding carboxylic acids is 2. The minimum absolute atomic E-state index is 0.0529. The molecular weight excluding hydrogens is 440 g/mol. The molecule has 2 atom stereocenters. The summed E-state index contributed by atoms with van der Waals surface area (Å²) in [5, 5.41) is 13.9. The molecule has 0 spiro atoms. The lowest BCUT2D eigenvalue weighted by Gasteiger charge is -2.27. The lowest BCUT2D eigenvalue weighted by molar-refractivity contribution is -0.122. The van der Waals surface area contributed by atoms with E-state index in [0.717, 1.165) is 50.1 Å². The van der Waals surface area contributed by atoms with E-state index in [9.17, 15) is 14.7 Å². The van der Waals surface area contributed by atoms with Crippen molar-refractivity contribution in [1.29, 1.82) is 0 Å². The monoisotopic (exact) mass is 478 g/mol. The number of unbranched alkanes of at least 4 members (excludes halogenated alkanes) is 2. The van der Waals surface area contributed by atoms with Crippen molar-refractivity contribution in [1.82, 2.24) is 10.2 Å². The van der Waals surface area contributed by atoms with Crippen LogP contribution < -0.4 is 10.1 Å². The Morgan fingerprint density at radius 3 is 2.37 bits per heavy atom. The number of amides is 1. The third kappa shape index (κ3) is 9.30. The number of nitrogens with one attached hydrogen (secondary N) is 1. The van der Waals surface area contributed by atoms with Crippen molar-refractivity contribution in [3.05, 3.63) is 71.8 Å². The highest BCUT2D eigenvalue weighted by atomic mass is 16.5. The van der Waals surface area contributed by atoms with Crippen molar-refractivity contribution >= 4 is 17.8 Å². The largest absolute Gasteiger partial charge is 0.497 e. The fourth-order valence-corrected chi connectivity index (χ4v) is 4.34. The quantitative estimate of drug-likeness (QED) is 0.309. The van der Waals surface area contributed by atoms with E-state index < -0.39 is 6.10 Å². The van der Waals surface area contributed by atoms with Gasteiger partial charge in [0.05, 0.1) is 19.3 Å². The van der Waals surface area contributed by atoms with Gasteiger partial charge in [-0.1, -0.05) is 48.9 Å². The van der Waals surface area contributed by atoms with Crippen LogP contribution in [0.4, 0.5) is 0 Å². The van der Waals surface area contributed by atoms with Crippen LogP contribution in [0.2, 0.25) is 0 Å². The second-order valence-electron chi connectivity index (χ2n) is 9.15. The fourth-order valence-electron chi connectivity index (χ4n) is 4.34. The molecule has 188 valence electrons. The molecule has 3 rings (SSSR count). The van der Waals surface area contributed by atoms with Crippen molar-refractivity contribution in [3.63, 3.8) is 0 Å². The highest BCUT2D eigenvalue weighted by Crippen LogP contribution is 2.15. The van der Waals surface area contributed by atoms with Crippen molar-refractivity contribution in [2.45, 2.75) is 57.1 Å². The zero-order valence-electron chi connectivity index (χ0n) is 20.7. The summed E-state index contributed by atoms with van der Waals surface area (Å²) in [6.45, 7) is 2.65. The number of nitrogens with zero attached hydrogens (tertiary/aromatic N) is 1. The predicted molar refractivity (Wildman–Crippen MR) is 139 cm³/mol. The average Bonchev–Trinajstić information content (AvgIpc) is 3.40. The SMILES string of the molecule is COc1ccc(C(=O)CCCCCC(=O)N[C@H](CN2CCCC2)[C@H](O)/C=C/c2ccccc2)cc1. The summed E-state index contributed by atoms with van der Waals surface area (Å²) in [5.74, 6) is 0.787. The molecule has 0 saturated carbocycles. The summed E-state index contributed by atoms with van der Waals surface area (Å²) in [6.07, 6.45) is 8.35. The minimum atomic E-state index is -0.762. The lowest BCUT2D eigenvalue weighted by atomic mass is 10.0. The van der Waals surface area contributed by atoms with Gasteiger partial charge in [0, 0.05) is 24.9 Å². The van der Waals surface area contributed by atoms with E-state index in [0.29, 0.717) is 31.4 Å². The molecule has 2 aromatic carbocycles. The molecule has 6 heteroatoms. The summed E-state index contributed by atoms with van der Waals surface area (Å²) in [6, 6.07) is 16.6. The van der Waals surface area contributed by atoms with Crippen molar-refractivity contribution < 1.29 is 19.4 Å². The van der Waals surface area contributed by atoms with Crippen LogP contribution in [0.1, 0.15) is 60.9 Å². The normalized spacial score (nSPS) is 15.7. The van der Waals surface area contributed by atoms with Gasteiger partial charge in [-0.3, -0.25) is 9.59 Å². The first-order valence-electron chi connectivity index (χ1n) is 12.7. The average molecular weight is 479 g/mol. The van der Waals surface area contributed by atoms with E-state index in [1.54, 1.807) is 37.5 Å². The summed E-state index contributed by atoms with van der Waals surface area (Å²) in [4.78, 5) is 27.3. The molecule has 1 heterocycles. The van der Waals surface area contributed by atoms with Crippen LogP contribution in [0.3, 0.4) is 0 Å². The van der Waals surface area contributed by atoms with Gasteiger partial charge in [0.15, 0.2) is 5.78 Å². The van der Waals surface area contributed by atoms with Gasteiger partial charge < -0.3 is 20.1 Å². The van der Waals surface area contributed by atoms with Crippen molar-refractivity contribution in [2.24, 2.45) is 0 Å². The van der Waals surface area contributed by atoms with Crippen LogP contribution in [0, 0.1) is 0 Å². The van der Waals surface area contributed by atoms with Gasteiger partial charge in [0.2, 0.25) is 5.91 Å². The number of carbonyl (C=O) groups is 2. The molecule has 1 amide bonds. The Hall–Kier alpha value is -2.96. The van der Waals surface area contributed by atoms with Gasteiger partial charge in [0.1, 0.15) is 5.75 Å². The second kappa shape index (κ2) is 14.4. The number of aliphatic hydroxyl groups is 1. The molecule has 35 heavy (non-hydrogen) atoms. The van der Waals surface area contributed by atoms with Gasteiger partial charge in [-0.2, -0.15) is 0 Å². The van der Waals surface area contributed by atoms with Crippen LogP contribution in [-0.4, -0.2) is 60.6 Å². The van der Waals surface area contributed by atoms with E-state index in [4.69, 9.17) is 4.74 Å². The summed E-state index contributed by atoms with van der Waals surface area (Å²) < 4.78 is 5.13. The number of benzene rings is 2. The molecule has 0 aliphatic carbocycles. The second-order valence-corrected chi connectivity index (χ2v) is 9.15. The maximum absolute atomic E-state index is 12.6. The number of aliphatic hydroxyl groups excluding tert-OH is 1. The highest BCUT2D eigenvalue weighted by molar-refractivity contribution is 5.96. The number of Topliss-reactive ketones (excluding diaryl/α,β-unsaturated/α-hetero) is 1. The molecule has 0 unspecified atom stereocenters. The van der Waals surface area contributed by atoms with Crippen LogP contribution in [0.5, 0.6) is 5.75 Å². The fraction of sp³-hybridized carbons (Fsp3) is 0.448. The molecule has 1 saturated heterocycles. The van der Waals surface area contributed by atoms with E-state index in [-0.39, 0.29) is 17.7 Å². The van der Waals surface area contributed by atoms with E-state index in [1.807, 2.05) is 36.4 Å². The van der Waals surface area contributed by atoms with Gasteiger partial charge in [-0.05, 0) is 68.6 Å². The summed E-state index contributed by atoms with van der Waals surface area (Å²) in [5.41, 5.74) is 1.70. The number of methoxy groups -OCH3 is 1. The molecule has 0 radical (unpaired) electrons. The van der Waals surface area contributed by atoms with E-state index in [2.05, 4.69) is 10.2 Å². The zero-order valence-corrected chi connectivity index (χ0v) is 20.7. The van der Waals surface area contributed by atoms with Gasteiger partial charge in [0.25, 0.3) is 0 Å². The number of hydrogen-bond acceptors (Lipinski definition) is 5. The molecule has 0 bridgehead atoms. The van der Waals surface area contributed by atoms with Crippen molar-refractivity contribution in [3.8, 4) is 5.75 Å². The topological polar surface area (TPSA) is 78.9 Å². The first-order valence-corrected chi connectivity index (χ1v) is 12.7. The Bertz CT molecular complexity index is 937. The molecule has 6 nitrogen and oxygen atoms in total. The third-order valence-corrected chi connectivity index (χ3v) is 6.42. The van der Waals surface area contributed by atoms with Crippen LogP contribution in [0.25, 0.3) is 6.08 Å². The maximum atomic E-state index is 12.6. The summed E-state index contributed by atoms with van der Waals surface area (Å²) >= 11 is 0. The zero-order chi connectivity index (χ0) is 24.9. The molecular formula is C29H38N2O4. The van der Waals surface area contributed by atoms with E-state index in [1.165, 1.54) is 0 Å². The molecule has 2 aromatic rings. The molecule has 1 aliphatic rings. The number of hydrogen-bond donors (Lipinski definition) is 2. The van der Waals surface area contributed by atoms with Crippen molar-refractivity contribution in [2.75, 3.05) is 26.7 Å². The Labute approximate surface area is 209 Å². The maximum Gasteiger partial charge on any atom is 0.220 e. The Morgan fingerprint density at radius 1 is 1.00 bits per heavy atom. The van der Waals surface area contributed by atoms with Crippen LogP contribution in [0.15, 0.2) is 60.7 Å². The van der Waals surface area contributed by atoms with Gasteiger partial charge >= 0.3 is 0 Å². The standard InChI is InChI=1S/C29H38N2O4/c1-35-25-17-15-24(16-18-25)27(32)12-6-3-7-13-29(34)30-26(22-31-20-8-9-21-31)28(33)19-14-23-10-4-2-5-11-23/h2,4-5,10-11,14-19,26,28,33H,3,6-9,12-13,20-22H2,1H3,(H,30,34)/b19-14+/t26-,28-/m1/s1. The molecule has 0 aromatic heterocycles. The van der Waals surface area contributed by atoms with Crippen LogP contribution in [-0.2, 0) is 4.79 Å². The highest BCUT2D eigenvalue weighted by Gasteiger charge is 2.24. The number of ether oxygens (including phenoxy) is 1. The number of rotatable bonds is 14. The first kappa shape index (κ1) is 26.6. The third-order valence-electron chi connectivity index (χ3n) is 6.42. The lowest BCUT2D eigenvalue weighted by Crippen LogP contribution is -2.49. The molecule has 1 fully saturated rings. The Morgan fingerprint density at radius 2 is 1.69 bits per heavy atom. The first-order chi connectivity index (χ1) is 17.0. The number of ketones is 1. The Kier molecular flexibility index (Phi) is 11.0.